The first-order valence-corrected chi connectivity index (χ1v) is 9.52. The summed E-state index contributed by atoms with van der Waals surface area (Å²) >= 11 is 4.53. The Morgan fingerprint density at radius 3 is 2.42 bits per heavy atom. The van der Waals surface area contributed by atoms with E-state index in [1.54, 1.807) is 6.92 Å². The van der Waals surface area contributed by atoms with Crippen LogP contribution in [0.25, 0.3) is 0 Å². The normalized spacial score (nSPS) is 17.3. The lowest BCUT2D eigenvalue weighted by atomic mass is 10.1. The van der Waals surface area contributed by atoms with E-state index in [4.69, 9.17) is 5.11 Å². The van der Waals surface area contributed by atoms with Crippen molar-refractivity contribution in [2.45, 2.75) is 63.3 Å². The van der Waals surface area contributed by atoms with Crippen LogP contribution in [0.15, 0.2) is 0 Å². The highest BCUT2D eigenvalue weighted by Crippen LogP contribution is 2.24. The van der Waals surface area contributed by atoms with Crippen molar-refractivity contribution in [2.75, 3.05) is 6.61 Å². The van der Waals surface area contributed by atoms with Crippen molar-refractivity contribution >= 4 is 26.4 Å². The Hall–Kier alpha value is -0.313. The van der Waals surface area contributed by atoms with Crippen molar-refractivity contribution in [1.82, 2.24) is 0 Å². The van der Waals surface area contributed by atoms with E-state index >= 15 is 0 Å². The maximum absolute atomic E-state index is 10.1. The van der Waals surface area contributed by atoms with Gasteiger partial charge in [-0.3, -0.25) is 0 Å². The van der Waals surface area contributed by atoms with Gasteiger partial charge < -0.3 is 10.2 Å². The molecule has 3 nitrogen and oxygen atoms in total. The Morgan fingerprint density at radius 1 is 1.37 bits per heavy atom. The molecule has 0 saturated carbocycles. The second-order valence-electron chi connectivity index (χ2n) is 5.23. The highest BCUT2D eigenvalue weighted by atomic mass is 32.1. The molecule has 0 amide bonds. The second-order valence-corrected chi connectivity index (χ2v) is 9.03. The van der Waals surface area contributed by atoms with Gasteiger partial charge in [0.15, 0.2) is 0 Å². The highest BCUT2D eigenvalue weighted by molar-refractivity contribution is 7.84. The minimum Gasteiger partial charge on any atom is -0.518 e. The van der Waals surface area contributed by atoms with Crippen LogP contribution < -0.4 is 0 Å². The fourth-order valence-corrected chi connectivity index (χ4v) is 4.46. The van der Waals surface area contributed by atoms with Crippen molar-refractivity contribution < 1.29 is 10.2 Å². The zero-order chi connectivity index (χ0) is 14.9. The number of rotatable bonds is 9. The third-order valence-corrected chi connectivity index (χ3v) is 7.77. The summed E-state index contributed by atoms with van der Waals surface area (Å²) in [5, 5.41) is 28.8. The van der Waals surface area contributed by atoms with Crippen LogP contribution in [0.2, 0.25) is 6.55 Å². The lowest BCUT2D eigenvalue weighted by Gasteiger charge is -2.23. The van der Waals surface area contributed by atoms with Crippen molar-refractivity contribution in [2.24, 2.45) is 5.92 Å². The van der Waals surface area contributed by atoms with E-state index in [-0.39, 0.29) is 17.9 Å². The summed E-state index contributed by atoms with van der Waals surface area (Å²) in [5.41, 5.74) is 0. The SMILES string of the molecule is CCCCCCCC(S)(C#N)/[Si](C)=C(\O)C(C)CO. The number of nitrogens with zero attached hydrogens (tertiary/aromatic N) is 1. The van der Waals surface area contributed by atoms with Gasteiger partial charge in [0, 0.05) is 5.92 Å². The summed E-state index contributed by atoms with van der Waals surface area (Å²) in [6.07, 6.45) is 6.43. The van der Waals surface area contributed by atoms with Crippen molar-refractivity contribution in [3.8, 4) is 6.07 Å². The highest BCUT2D eigenvalue weighted by Gasteiger charge is 2.31. The van der Waals surface area contributed by atoms with Gasteiger partial charge in [-0.1, -0.05) is 52.5 Å². The van der Waals surface area contributed by atoms with Gasteiger partial charge in [0.2, 0.25) is 0 Å². The summed E-state index contributed by atoms with van der Waals surface area (Å²) in [6.45, 7) is 5.78. The van der Waals surface area contributed by atoms with Crippen molar-refractivity contribution in [3.05, 3.63) is 0 Å². The number of aliphatic hydroxyl groups is 2. The van der Waals surface area contributed by atoms with Crippen LogP contribution >= 0.6 is 12.6 Å². The van der Waals surface area contributed by atoms with Crippen LogP contribution in [0.1, 0.15) is 52.4 Å². The van der Waals surface area contributed by atoms with Gasteiger partial charge >= 0.3 is 0 Å². The molecule has 0 heterocycles. The second kappa shape index (κ2) is 9.57. The van der Waals surface area contributed by atoms with E-state index in [9.17, 15) is 10.4 Å². The van der Waals surface area contributed by atoms with Crippen LogP contribution in [-0.2, 0) is 0 Å². The van der Waals surface area contributed by atoms with Crippen LogP contribution in [0, 0.1) is 17.2 Å². The molecule has 0 aliphatic rings. The lowest BCUT2D eigenvalue weighted by molar-refractivity contribution is 0.259. The monoisotopic (exact) mass is 301 g/mol. The Balaban J connectivity index is 4.64. The van der Waals surface area contributed by atoms with E-state index in [0.29, 0.717) is 6.42 Å². The van der Waals surface area contributed by atoms with Gasteiger partial charge in [-0.2, -0.15) is 17.9 Å². The van der Waals surface area contributed by atoms with Gasteiger partial charge in [-0.25, -0.2) is 0 Å². The molecule has 0 aromatic heterocycles. The minimum atomic E-state index is -1.44. The Kier molecular flexibility index (Phi) is 9.41. The minimum absolute atomic E-state index is 0.0837. The summed E-state index contributed by atoms with van der Waals surface area (Å²) < 4.78 is -0.746. The lowest BCUT2D eigenvalue weighted by Crippen LogP contribution is -2.39. The maximum Gasteiger partial charge on any atom is 0.108 e. The summed E-state index contributed by atoms with van der Waals surface area (Å²) in [4.78, 5) is 0. The van der Waals surface area contributed by atoms with E-state index in [1.165, 1.54) is 19.3 Å². The summed E-state index contributed by atoms with van der Waals surface area (Å²) in [7, 11) is -1.44. The van der Waals surface area contributed by atoms with Gasteiger partial charge in [-0.15, -0.1) is 0 Å². The molecule has 110 valence electrons. The third-order valence-electron chi connectivity index (χ3n) is 3.57. The molecule has 2 atom stereocenters. The fourth-order valence-electron chi connectivity index (χ4n) is 1.98. The van der Waals surface area contributed by atoms with Crippen molar-refractivity contribution in [1.29, 1.82) is 5.26 Å². The molecule has 0 aliphatic heterocycles. The molecule has 0 radical (unpaired) electrons. The zero-order valence-corrected chi connectivity index (χ0v) is 14.2. The molecule has 2 N–H and O–H groups in total. The number of thiol groups is 1. The smallest absolute Gasteiger partial charge is 0.108 e. The van der Waals surface area contributed by atoms with E-state index in [2.05, 4.69) is 25.6 Å². The predicted octanol–water partition coefficient (Wildman–Crippen LogP) is 2.92. The van der Waals surface area contributed by atoms with Crippen LogP contribution in [-0.4, -0.2) is 35.0 Å². The topological polar surface area (TPSA) is 64.2 Å². The van der Waals surface area contributed by atoms with E-state index < -0.39 is 12.8 Å². The molecule has 0 fully saturated rings. The van der Waals surface area contributed by atoms with Gasteiger partial charge in [0.25, 0.3) is 0 Å². The molecule has 0 saturated heterocycles. The van der Waals surface area contributed by atoms with Crippen LogP contribution in [0.5, 0.6) is 0 Å². The molecular formula is C14H27NO2SSi. The Morgan fingerprint density at radius 2 is 1.95 bits per heavy atom. The Bertz CT molecular complexity index is 341. The Labute approximate surface area is 124 Å². The first-order valence-electron chi connectivity index (χ1n) is 7.07. The van der Waals surface area contributed by atoms with Gasteiger partial charge in [0.1, 0.15) is 4.37 Å². The molecule has 0 spiro atoms. The van der Waals surface area contributed by atoms with Crippen LogP contribution in [0.4, 0.5) is 0 Å². The molecule has 0 aromatic carbocycles. The predicted molar refractivity (Wildman–Crippen MR) is 85.5 cm³/mol. The van der Waals surface area contributed by atoms with Gasteiger partial charge in [-0.05, 0) is 6.42 Å². The molecule has 19 heavy (non-hydrogen) atoms. The summed E-state index contributed by atoms with van der Waals surface area (Å²) in [5.74, 6) is -0.265. The first kappa shape index (κ1) is 18.7. The molecule has 0 rings (SSSR count). The average molecular weight is 302 g/mol. The number of hydrogen-bond donors (Lipinski definition) is 3. The number of hydrogen-bond acceptors (Lipinski definition) is 4. The fraction of sp³-hybridized carbons (Fsp3) is 0.857. The van der Waals surface area contributed by atoms with Crippen molar-refractivity contribution in [3.63, 3.8) is 0 Å². The van der Waals surface area contributed by atoms with Gasteiger partial charge in [0.05, 0.1) is 26.4 Å². The average Bonchev–Trinajstić information content (AvgIpc) is 2.44. The quantitative estimate of drug-likeness (QED) is 0.348. The maximum atomic E-state index is 10.1. The van der Waals surface area contributed by atoms with Crippen LogP contribution in [0.3, 0.4) is 0 Å². The number of nitriles is 1. The molecular weight excluding hydrogens is 274 g/mol. The molecule has 5 heteroatoms. The molecule has 0 bridgehead atoms. The van der Waals surface area contributed by atoms with E-state index in [0.717, 1.165) is 12.8 Å². The summed E-state index contributed by atoms with van der Waals surface area (Å²) in [6, 6.07) is 2.28. The third kappa shape index (κ3) is 6.11. The number of aliphatic hydroxyl groups excluding tert-OH is 2. The largest absolute Gasteiger partial charge is 0.518 e. The molecule has 2 unspecified atom stereocenters. The standard InChI is InChI=1S/C14H27NO2SSi/c1-4-5-6-7-8-9-14(18,11-15)19(3)13(17)12(2)10-16/h12,16-18H,4-10H2,1-3H3/b19-13-. The zero-order valence-electron chi connectivity index (χ0n) is 12.3. The molecule has 0 aromatic rings. The number of unbranched alkanes of at least 4 members (excludes halogenated alkanes) is 4. The first-order chi connectivity index (χ1) is 8.92. The van der Waals surface area contributed by atoms with E-state index in [1.807, 2.05) is 6.55 Å². The molecule has 0 aliphatic carbocycles.